The van der Waals surface area contributed by atoms with Gasteiger partial charge in [0, 0.05) is 5.92 Å². The van der Waals surface area contributed by atoms with E-state index in [1.54, 1.807) is 0 Å². The number of carbonyl (C=O) groups excluding carboxylic acids is 2. The fourth-order valence-electron chi connectivity index (χ4n) is 5.01. The summed E-state index contributed by atoms with van der Waals surface area (Å²) in [7, 11) is 0. The largest absolute Gasteiger partial charge is 0.481 e. The number of benzene rings is 2. The molecule has 0 saturated heterocycles. The molecule has 0 spiro atoms. The predicted molar refractivity (Wildman–Crippen MR) is 128 cm³/mol. The molecule has 2 amide bonds. The van der Waals surface area contributed by atoms with Crippen molar-refractivity contribution in [2.24, 2.45) is 5.41 Å². The standard InChI is InChI=1S/C27H32N2O5/c1-26(2,3)23(24(32)29-27(13-8-14-27)15-22(30)31)28-25(33)34-16-21-19-11-6-4-9-17(19)18-10-5-7-12-20(18)21/h4-7,9-12,21,23H,8,13-16H2,1-3H3,(H,28,33)(H,29,32)(H,30,31)/t23-/m1/s1. The van der Waals surface area contributed by atoms with Crippen LogP contribution in [0.4, 0.5) is 4.79 Å². The summed E-state index contributed by atoms with van der Waals surface area (Å²) in [6.07, 6.45) is 1.31. The average molecular weight is 465 g/mol. The molecule has 1 atom stereocenters. The van der Waals surface area contributed by atoms with E-state index >= 15 is 0 Å². The molecular weight excluding hydrogens is 432 g/mol. The Morgan fingerprint density at radius 2 is 1.59 bits per heavy atom. The lowest BCUT2D eigenvalue weighted by Crippen LogP contribution is -2.62. The fraction of sp³-hybridized carbons (Fsp3) is 0.444. The molecule has 4 rings (SSSR count). The molecule has 1 fully saturated rings. The van der Waals surface area contributed by atoms with Gasteiger partial charge in [0.2, 0.25) is 5.91 Å². The highest BCUT2D eigenvalue weighted by Crippen LogP contribution is 2.44. The molecule has 0 unspecified atom stereocenters. The van der Waals surface area contributed by atoms with Gasteiger partial charge in [0.1, 0.15) is 12.6 Å². The number of hydrogen-bond acceptors (Lipinski definition) is 4. The Kier molecular flexibility index (Phi) is 6.39. The number of amides is 2. The molecule has 2 aromatic carbocycles. The first-order valence-corrected chi connectivity index (χ1v) is 11.7. The van der Waals surface area contributed by atoms with Crippen LogP contribution >= 0.6 is 0 Å². The number of hydrogen-bond donors (Lipinski definition) is 3. The normalized spacial score (nSPS) is 17.0. The summed E-state index contributed by atoms with van der Waals surface area (Å²) in [6, 6.07) is 15.3. The third-order valence-corrected chi connectivity index (χ3v) is 6.92. The fourth-order valence-corrected chi connectivity index (χ4v) is 5.01. The van der Waals surface area contributed by atoms with Crippen molar-refractivity contribution in [1.82, 2.24) is 10.6 Å². The summed E-state index contributed by atoms with van der Waals surface area (Å²) in [5.41, 5.74) is 3.18. The Morgan fingerprint density at radius 1 is 1.03 bits per heavy atom. The maximum absolute atomic E-state index is 13.1. The van der Waals surface area contributed by atoms with E-state index in [2.05, 4.69) is 22.8 Å². The quantitative estimate of drug-likeness (QED) is 0.561. The van der Waals surface area contributed by atoms with Crippen LogP contribution in [0.3, 0.4) is 0 Å². The number of carboxylic acids is 1. The maximum Gasteiger partial charge on any atom is 0.407 e. The van der Waals surface area contributed by atoms with Gasteiger partial charge in [0.15, 0.2) is 0 Å². The van der Waals surface area contributed by atoms with E-state index in [0.29, 0.717) is 12.8 Å². The molecule has 2 aliphatic carbocycles. The first-order valence-electron chi connectivity index (χ1n) is 11.7. The molecule has 0 radical (unpaired) electrons. The van der Waals surface area contributed by atoms with E-state index < -0.39 is 29.1 Å². The van der Waals surface area contributed by atoms with Crippen LogP contribution in [0, 0.1) is 5.41 Å². The first kappa shape index (κ1) is 23.8. The molecule has 3 N–H and O–H groups in total. The molecule has 0 aliphatic heterocycles. The number of aliphatic carboxylic acids is 1. The Balaban J connectivity index is 1.43. The zero-order valence-corrected chi connectivity index (χ0v) is 19.9. The number of alkyl carbamates (subject to hydrolysis) is 1. The van der Waals surface area contributed by atoms with E-state index in [1.165, 1.54) is 0 Å². The molecule has 7 heteroatoms. The van der Waals surface area contributed by atoms with Crippen LogP contribution < -0.4 is 10.6 Å². The minimum Gasteiger partial charge on any atom is -0.481 e. The molecule has 2 aliphatic rings. The molecule has 0 heterocycles. The summed E-state index contributed by atoms with van der Waals surface area (Å²) >= 11 is 0. The molecular formula is C27H32N2O5. The summed E-state index contributed by atoms with van der Waals surface area (Å²) in [4.78, 5) is 37.2. The highest BCUT2D eigenvalue weighted by atomic mass is 16.5. The number of fused-ring (bicyclic) bond motifs is 3. The molecule has 7 nitrogen and oxygen atoms in total. The second-order valence-electron chi connectivity index (χ2n) is 10.5. The highest BCUT2D eigenvalue weighted by Gasteiger charge is 2.44. The second-order valence-corrected chi connectivity index (χ2v) is 10.5. The van der Waals surface area contributed by atoms with Gasteiger partial charge in [-0.1, -0.05) is 69.3 Å². The zero-order valence-electron chi connectivity index (χ0n) is 19.9. The van der Waals surface area contributed by atoms with Crippen molar-refractivity contribution in [3.05, 3.63) is 59.7 Å². The third kappa shape index (κ3) is 4.79. The lowest BCUT2D eigenvalue weighted by Gasteiger charge is -2.43. The smallest absolute Gasteiger partial charge is 0.407 e. The van der Waals surface area contributed by atoms with E-state index in [1.807, 2.05) is 57.2 Å². The first-order chi connectivity index (χ1) is 16.1. The van der Waals surface area contributed by atoms with E-state index in [4.69, 9.17) is 4.74 Å². The minimum absolute atomic E-state index is 0.0751. The second kappa shape index (κ2) is 9.12. The van der Waals surface area contributed by atoms with Gasteiger partial charge in [0.05, 0.1) is 12.0 Å². The van der Waals surface area contributed by atoms with E-state index in [9.17, 15) is 19.5 Å². The summed E-state index contributed by atoms with van der Waals surface area (Å²) < 4.78 is 5.63. The van der Waals surface area contributed by atoms with Gasteiger partial charge >= 0.3 is 12.1 Å². The van der Waals surface area contributed by atoms with Crippen LogP contribution in [0.5, 0.6) is 0 Å². The van der Waals surface area contributed by atoms with Crippen LogP contribution in [-0.4, -0.2) is 41.3 Å². The van der Waals surface area contributed by atoms with Crippen molar-refractivity contribution in [2.45, 2.75) is 64.0 Å². The van der Waals surface area contributed by atoms with Crippen molar-refractivity contribution in [3.8, 4) is 11.1 Å². The van der Waals surface area contributed by atoms with Crippen LogP contribution in [0.25, 0.3) is 11.1 Å². The van der Waals surface area contributed by atoms with Gasteiger partial charge in [-0.05, 0) is 46.9 Å². The Bertz CT molecular complexity index is 1050. The Morgan fingerprint density at radius 3 is 2.06 bits per heavy atom. The number of carboxylic acid groups (broad SMARTS) is 1. The Hall–Kier alpha value is -3.35. The lowest BCUT2D eigenvalue weighted by atomic mass is 9.73. The predicted octanol–water partition coefficient (Wildman–Crippen LogP) is 4.45. The van der Waals surface area contributed by atoms with Gasteiger partial charge in [-0.2, -0.15) is 0 Å². The highest BCUT2D eigenvalue weighted by molar-refractivity contribution is 5.87. The van der Waals surface area contributed by atoms with Crippen LogP contribution in [0.15, 0.2) is 48.5 Å². The van der Waals surface area contributed by atoms with Crippen molar-refractivity contribution < 1.29 is 24.2 Å². The van der Waals surface area contributed by atoms with Crippen molar-refractivity contribution in [3.63, 3.8) is 0 Å². The zero-order chi connectivity index (χ0) is 24.5. The van der Waals surface area contributed by atoms with Crippen LogP contribution in [0.1, 0.15) is 63.5 Å². The van der Waals surface area contributed by atoms with E-state index in [0.717, 1.165) is 28.7 Å². The van der Waals surface area contributed by atoms with Gasteiger partial charge < -0.3 is 20.5 Å². The molecule has 2 aromatic rings. The molecule has 34 heavy (non-hydrogen) atoms. The van der Waals surface area contributed by atoms with Crippen LogP contribution in [-0.2, 0) is 14.3 Å². The van der Waals surface area contributed by atoms with Crippen molar-refractivity contribution >= 4 is 18.0 Å². The molecule has 0 aromatic heterocycles. The topological polar surface area (TPSA) is 105 Å². The van der Waals surface area contributed by atoms with Crippen LogP contribution in [0.2, 0.25) is 0 Å². The van der Waals surface area contributed by atoms with Crippen molar-refractivity contribution in [2.75, 3.05) is 6.61 Å². The lowest BCUT2D eigenvalue weighted by molar-refractivity contribution is -0.141. The van der Waals surface area contributed by atoms with Crippen molar-refractivity contribution in [1.29, 1.82) is 0 Å². The number of carbonyl (C=O) groups is 3. The monoisotopic (exact) mass is 464 g/mol. The molecule has 180 valence electrons. The summed E-state index contributed by atoms with van der Waals surface area (Å²) in [5.74, 6) is -1.41. The number of ether oxygens (including phenoxy) is 1. The number of rotatable bonds is 7. The van der Waals surface area contributed by atoms with Gasteiger partial charge in [-0.15, -0.1) is 0 Å². The SMILES string of the molecule is CC(C)(C)[C@H](NC(=O)OCC1c2ccccc2-c2ccccc21)C(=O)NC1(CC(=O)O)CCC1. The molecule has 1 saturated carbocycles. The maximum atomic E-state index is 13.1. The number of nitrogens with one attached hydrogen (secondary N) is 2. The van der Waals surface area contributed by atoms with Gasteiger partial charge in [-0.25, -0.2) is 4.79 Å². The third-order valence-electron chi connectivity index (χ3n) is 6.92. The summed E-state index contributed by atoms with van der Waals surface area (Å²) in [6.45, 7) is 5.71. The average Bonchev–Trinajstić information content (AvgIpc) is 3.07. The van der Waals surface area contributed by atoms with Gasteiger partial charge in [-0.3, -0.25) is 9.59 Å². The minimum atomic E-state index is -0.947. The summed E-state index contributed by atoms with van der Waals surface area (Å²) in [5, 5.41) is 14.9. The van der Waals surface area contributed by atoms with Gasteiger partial charge in [0.25, 0.3) is 0 Å². The molecule has 0 bridgehead atoms. The Labute approximate surface area is 199 Å². The van der Waals surface area contributed by atoms with E-state index in [-0.39, 0.29) is 24.9 Å².